The van der Waals surface area contributed by atoms with Gasteiger partial charge in [-0.3, -0.25) is 4.79 Å². The van der Waals surface area contributed by atoms with Crippen molar-refractivity contribution in [1.29, 1.82) is 0 Å². The lowest BCUT2D eigenvalue weighted by Gasteiger charge is -2.12. The van der Waals surface area contributed by atoms with E-state index in [9.17, 15) is 17.6 Å². The first-order chi connectivity index (χ1) is 13.7. The van der Waals surface area contributed by atoms with Crippen molar-refractivity contribution in [2.45, 2.75) is 18.2 Å². The van der Waals surface area contributed by atoms with Crippen LogP contribution in [0.25, 0.3) is 0 Å². The summed E-state index contributed by atoms with van der Waals surface area (Å²) in [7, 11) is -0.699. The highest BCUT2D eigenvalue weighted by Crippen LogP contribution is 2.24. The summed E-state index contributed by atoms with van der Waals surface area (Å²) in [6, 6.07) is 12.2. The summed E-state index contributed by atoms with van der Waals surface area (Å²) in [6.07, 6.45) is 0.496. The van der Waals surface area contributed by atoms with Crippen LogP contribution >= 0.6 is 11.3 Å². The molecule has 1 heterocycles. The molecule has 6 nitrogen and oxygen atoms in total. The lowest BCUT2D eigenvalue weighted by molar-refractivity contribution is 0.102. The zero-order valence-corrected chi connectivity index (χ0v) is 17.8. The van der Waals surface area contributed by atoms with Crippen LogP contribution in [0.1, 0.15) is 25.9 Å². The van der Waals surface area contributed by atoms with Gasteiger partial charge in [-0.1, -0.05) is 18.2 Å². The van der Waals surface area contributed by atoms with Gasteiger partial charge in [-0.2, -0.15) is 0 Å². The van der Waals surface area contributed by atoms with E-state index in [-0.39, 0.29) is 16.6 Å². The summed E-state index contributed by atoms with van der Waals surface area (Å²) in [5.41, 5.74) is 1.86. The fraction of sp³-hybridized carbons (Fsp3) is 0.200. The maximum absolute atomic E-state index is 13.0. The first-order valence-electron chi connectivity index (χ1n) is 8.71. The van der Waals surface area contributed by atoms with Gasteiger partial charge in [-0.05, 0) is 42.8 Å². The molecule has 0 fully saturated rings. The van der Waals surface area contributed by atoms with Crippen LogP contribution in [0.5, 0.6) is 0 Å². The number of amides is 1. The molecule has 0 aliphatic carbocycles. The SMILES string of the molecule is Cc1nc(Cc2ccc(F)cc2)sc1C(=O)Nc1cccc(S(=O)(=O)N(C)C)c1. The molecule has 1 N–H and O–H groups in total. The molecule has 0 aliphatic heterocycles. The van der Waals surface area contributed by atoms with Crippen LogP contribution in [-0.4, -0.2) is 37.7 Å². The maximum Gasteiger partial charge on any atom is 0.267 e. The standard InChI is InChI=1S/C20H20FN3O3S2/c1-13-19(28-18(22-13)11-14-7-9-15(21)10-8-14)20(25)23-16-5-4-6-17(12-16)29(26,27)24(2)3/h4-10,12H,11H2,1-3H3,(H,23,25). The summed E-state index contributed by atoms with van der Waals surface area (Å²) in [4.78, 5) is 17.7. The quantitative estimate of drug-likeness (QED) is 0.643. The van der Waals surface area contributed by atoms with Crippen molar-refractivity contribution < 1.29 is 17.6 Å². The molecule has 0 saturated carbocycles. The summed E-state index contributed by atoms with van der Waals surface area (Å²) < 4.78 is 38.7. The predicted molar refractivity (Wildman–Crippen MR) is 111 cm³/mol. The van der Waals surface area contributed by atoms with Gasteiger partial charge in [0.1, 0.15) is 10.7 Å². The number of anilines is 1. The molecule has 29 heavy (non-hydrogen) atoms. The smallest absolute Gasteiger partial charge is 0.267 e. The molecule has 2 aromatic carbocycles. The summed E-state index contributed by atoms with van der Waals surface area (Å²) >= 11 is 1.26. The third-order valence-corrected chi connectivity index (χ3v) is 7.15. The molecule has 3 aromatic rings. The molecule has 0 aliphatic rings. The molecule has 0 saturated heterocycles. The third kappa shape index (κ3) is 4.87. The van der Waals surface area contributed by atoms with Gasteiger partial charge in [-0.15, -0.1) is 11.3 Å². The molecule has 9 heteroatoms. The minimum Gasteiger partial charge on any atom is -0.321 e. The Bertz CT molecular complexity index is 1140. The van der Waals surface area contributed by atoms with E-state index in [2.05, 4.69) is 10.3 Å². The molecule has 1 amide bonds. The Kier molecular flexibility index (Phi) is 6.11. The van der Waals surface area contributed by atoms with Crippen molar-refractivity contribution in [3.8, 4) is 0 Å². The number of aryl methyl sites for hydroxylation is 1. The van der Waals surface area contributed by atoms with E-state index in [1.54, 1.807) is 31.2 Å². The van der Waals surface area contributed by atoms with Gasteiger partial charge < -0.3 is 5.32 Å². The molecule has 0 unspecified atom stereocenters. The average molecular weight is 434 g/mol. The van der Waals surface area contributed by atoms with Gasteiger partial charge in [0.15, 0.2) is 0 Å². The first kappa shape index (κ1) is 21.1. The molecule has 1 aromatic heterocycles. The van der Waals surface area contributed by atoms with Gasteiger partial charge in [-0.25, -0.2) is 22.1 Å². The molecule has 0 atom stereocenters. The van der Waals surface area contributed by atoms with Gasteiger partial charge in [0.2, 0.25) is 10.0 Å². The lowest BCUT2D eigenvalue weighted by Crippen LogP contribution is -2.22. The Balaban J connectivity index is 1.78. The number of sulfonamides is 1. The number of halogens is 1. The molecule has 152 valence electrons. The van der Waals surface area contributed by atoms with E-state index in [1.807, 2.05) is 0 Å². The second kappa shape index (κ2) is 8.40. The fourth-order valence-corrected chi connectivity index (χ4v) is 4.59. The minimum absolute atomic E-state index is 0.0957. The number of nitrogens with zero attached hydrogens (tertiary/aromatic N) is 2. The first-order valence-corrected chi connectivity index (χ1v) is 11.0. The second-order valence-corrected chi connectivity index (χ2v) is 9.83. The Labute approximate surface area is 173 Å². The van der Waals surface area contributed by atoms with Gasteiger partial charge >= 0.3 is 0 Å². The van der Waals surface area contributed by atoms with Crippen LogP contribution in [0.2, 0.25) is 0 Å². The highest BCUT2D eigenvalue weighted by atomic mass is 32.2. The van der Waals surface area contributed by atoms with Crippen LogP contribution in [0.3, 0.4) is 0 Å². The van der Waals surface area contributed by atoms with E-state index in [0.717, 1.165) is 14.9 Å². The van der Waals surface area contributed by atoms with Crippen LogP contribution in [0.15, 0.2) is 53.4 Å². The van der Waals surface area contributed by atoms with Gasteiger partial charge in [0.25, 0.3) is 5.91 Å². The molecule has 0 spiro atoms. The predicted octanol–water partition coefficient (Wildman–Crippen LogP) is 3.68. The van der Waals surface area contributed by atoms with Crippen molar-refractivity contribution in [2.24, 2.45) is 0 Å². The number of aromatic nitrogens is 1. The normalized spacial score (nSPS) is 11.6. The molecule has 0 bridgehead atoms. The molecule has 3 rings (SSSR count). The number of benzene rings is 2. The summed E-state index contributed by atoms with van der Waals surface area (Å²) in [6.45, 7) is 1.74. The number of rotatable bonds is 6. The largest absolute Gasteiger partial charge is 0.321 e. The van der Waals surface area contributed by atoms with E-state index >= 15 is 0 Å². The number of thiazole rings is 1. The van der Waals surface area contributed by atoms with Gasteiger partial charge in [0.05, 0.1) is 15.6 Å². The van der Waals surface area contributed by atoms with Crippen LogP contribution in [-0.2, 0) is 16.4 Å². The topological polar surface area (TPSA) is 79.4 Å². The van der Waals surface area contributed by atoms with Crippen molar-refractivity contribution in [3.05, 3.63) is 75.5 Å². The summed E-state index contributed by atoms with van der Waals surface area (Å²) in [5.74, 6) is -0.660. The zero-order chi connectivity index (χ0) is 21.2. The van der Waals surface area contributed by atoms with Crippen LogP contribution in [0.4, 0.5) is 10.1 Å². The Morgan fingerprint density at radius 1 is 1.17 bits per heavy atom. The molecular formula is C20H20FN3O3S2. The van der Waals surface area contributed by atoms with E-state index < -0.39 is 10.0 Å². The monoisotopic (exact) mass is 433 g/mol. The second-order valence-electron chi connectivity index (χ2n) is 6.59. The third-order valence-electron chi connectivity index (χ3n) is 4.19. The number of hydrogen-bond acceptors (Lipinski definition) is 5. The average Bonchev–Trinajstić information content (AvgIpc) is 3.04. The van der Waals surface area contributed by atoms with E-state index in [1.165, 1.54) is 49.7 Å². The highest BCUT2D eigenvalue weighted by Gasteiger charge is 2.19. The molecule has 0 radical (unpaired) electrons. The van der Waals surface area contributed by atoms with Crippen molar-refractivity contribution in [2.75, 3.05) is 19.4 Å². The fourth-order valence-electron chi connectivity index (χ4n) is 2.65. The Morgan fingerprint density at radius 3 is 2.52 bits per heavy atom. The van der Waals surface area contributed by atoms with Crippen LogP contribution < -0.4 is 5.32 Å². The minimum atomic E-state index is -3.60. The number of hydrogen-bond donors (Lipinski definition) is 1. The van der Waals surface area contributed by atoms with Crippen LogP contribution in [0, 0.1) is 12.7 Å². The highest BCUT2D eigenvalue weighted by molar-refractivity contribution is 7.89. The maximum atomic E-state index is 13.0. The Hall–Kier alpha value is -2.62. The van der Waals surface area contributed by atoms with Gasteiger partial charge in [0, 0.05) is 26.2 Å². The number of nitrogens with one attached hydrogen (secondary N) is 1. The Morgan fingerprint density at radius 2 is 1.86 bits per heavy atom. The number of carbonyl (C=O) groups is 1. The molecular weight excluding hydrogens is 413 g/mol. The lowest BCUT2D eigenvalue weighted by atomic mass is 10.1. The zero-order valence-electron chi connectivity index (χ0n) is 16.1. The van der Waals surface area contributed by atoms with E-state index in [4.69, 9.17) is 0 Å². The van der Waals surface area contributed by atoms with Crippen molar-refractivity contribution >= 4 is 33.0 Å². The van der Waals surface area contributed by atoms with Crippen molar-refractivity contribution in [3.63, 3.8) is 0 Å². The van der Waals surface area contributed by atoms with Crippen molar-refractivity contribution in [1.82, 2.24) is 9.29 Å². The summed E-state index contributed by atoms with van der Waals surface area (Å²) in [5, 5.41) is 3.47. The van der Waals surface area contributed by atoms with E-state index in [0.29, 0.717) is 22.7 Å². The number of carbonyl (C=O) groups excluding carboxylic acids is 1.